The van der Waals surface area contributed by atoms with E-state index >= 15 is 0 Å². The van der Waals surface area contributed by atoms with E-state index in [1.165, 1.54) is 11.9 Å². The lowest BCUT2D eigenvalue weighted by Crippen LogP contribution is -2.29. The predicted molar refractivity (Wildman–Crippen MR) is 111 cm³/mol. The SMILES string of the molecule is Cc1ccnc(Nc2cc(NCCNC(=O)c3ccc(C)c(C)c3)ncn2)c1. The summed E-state index contributed by atoms with van der Waals surface area (Å²) < 4.78 is 0. The van der Waals surface area contributed by atoms with Gasteiger partial charge in [-0.05, 0) is 61.7 Å². The van der Waals surface area contributed by atoms with Crippen LogP contribution in [0.1, 0.15) is 27.0 Å². The molecule has 0 aliphatic heterocycles. The number of aryl methyl sites for hydroxylation is 3. The summed E-state index contributed by atoms with van der Waals surface area (Å²) >= 11 is 0. The number of hydrogen-bond acceptors (Lipinski definition) is 6. The largest absolute Gasteiger partial charge is 0.368 e. The maximum Gasteiger partial charge on any atom is 0.251 e. The summed E-state index contributed by atoms with van der Waals surface area (Å²) in [5, 5.41) is 9.24. The molecule has 0 aliphatic carbocycles. The van der Waals surface area contributed by atoms with E-state index in [0.717, 1.165) is 16.9 Å². The molecule has 3 rings (SSSR count). The van der Waals surface area contributed by atoms with Crippen molar-refractivity contribution in [2.45, 2.75) is 20.8 Å². The highest BCUT2D eigenvalue weighted by Crippen LogP contribution is 2.15. The molecule has 3 aromatic rings. The Morgan fingerprint density at radius 1 is 0.857 bits per heavy atom. The first-order valence-electron chi connectivity index (χ1n) is 9.12. The van der Waals surface area contributed by atoms with E-state index in [1.54, 1.807) is 12.3 Å². The van der Waals surface area contributed by atoms with Gasteiger partial charge < -0.3 is 16.0 Å². The molecule has 0 bridgehead atoms. The number of aromatic nitrogens is 3. The van der Waals surface area contributed by atoms with Crippen LogP contribution in [-0.4, -0.2) is 33.9 Å². The molecule has 0 saturated heterocycles. The van der Waals surface area contributed by atoms with Crippen LogP contribution < -0.4 is 16.0 Å². The first kappa shape index (κ1) is 19.3. The molecule has 144 valence electrons. The minimum atomic E-state index is -0.0829. The third kappa shape index (κ3) is 5.26. The number of amides is 1. The lowest BCUT2D eigenvalue weighted by atomic mass is 10.1. The number of carbonyl (C=O) groups excluding carboxylic acids is 1. The summed E-state index contributed by atoms with van der Waals surface area (Å²) in [6.45, 7) is 7.07. The molecule has 0 unspecified atom stereocenters. The number of carbonyl (C=O) groups is 1. The summed E-state index contributed by atoms with van der Waals surface area (Å²) in [6, 6.07) is 11.4. The van der Waals surface area contributed by atoms with Crippen molar-refractivity contribution in [2.75, 3.05) is 23.7 Å². The standard InChI is InChI=1S/C21H24N6O/c1-14-6-7-22-19(10-14)27-20-12-18(25-13-26-20)23-8-9-24-21(28)17-5-4-15(2)16(3)11-17/h4-7,10-13H,8-9H2,1-3H3,(H,24,28)(H2,22,23,25,26,27). The lowest BCUT2D eigenvalue weighted by Gasteiger charge is -2.10. The van der Waals surface area contributed by atoms with Gasteiger partial charge in [-0.3, -0.25) is 4.79 Å². The highest BCUT2D eigenvalue weighted by molar-refractivity contribution is 5.94. The molecule has 0 spiro atoms. The molecule has 0 atom stereocenters. The summed E-state index contributed by atoms with van der Waals surface area (Å²) in [5.41, 5.74) is 4.06. The van der Waals surface area contributed by atoms with Crippen molar-refractivity contribution in [1.82, 2.24) is 20.3 Å². The number of hydrogen-bond donors (Lipinski definition) is 3. The Bertz CT molecular complexity index is 973. The van der Waals surface area contributed by atoms with Gasteiger partial charge in [-0.1, -0.05) is 6.07 Å². The average molecular weight is 376 g/mol. The van der Waals surface area contributed by atoms with Gasteiger partial charge in [-0.2, -0.15) is 0 Å². The van der Waals surface area contributed by atoms with E-state index < -0.39 is 0 Å². The van der Waals surface area contributed by atoms with E-state index in [4.69, 9.17) is 0 Å². The van der Waals surface area contributed by atoms with Crippen molar-refractivity contribution in [2.24, 2.45) is 0 Å². The Morgan fingerprint density at radius 3 is 2.43 bits per heavy atom. The minimum absolute atomic E-state index is 0.0829. The Labute approximate surface area is 164 Å². The molecule has 1 amide bonds. The van der Waals surface area contributed by atoms with Gasteiger partial charge in [-0.15, -0.1) is 0 Å². The molecular formula is C21H24N6O. The zero-order valence-electron chi connectivity index (χ0n) is 16.3. The van der Waals surface area contributed by atoms with Crippen molar-refractivity contribution < 1.29 is 4.79 Å². The maximum atomic E-state index is 12.2. The molecule has 7 heteroatoms. The monoisotopic (exact) mass is 376 g/mol. The van der Waals surface area contributed by atoms with E-state index in [1.807, 2.05) is 51.1 Å². The molecule has 28 heavy (non-hydrogen) atoms. The highest BCUT2D eigenvalue weighted by atomic mass is 16.1. The number of nitrogens with zero attached hydrogens (tertiary/aromatic N) is 3. The Hall–Kier alpha value is -3.48. The molecule has 0 fully saturated rings. The first-order valence-corrected chi connectivity index (χ1v) is 9.12. The van der Waals surface area contributed by atoms with Crippen LogP contribution in [0.4, 0.5) is 17.5 Å². The molecule has 3 N–H and O–H groups in total. The topological polar surface area (TPSA) is 91.8 Å². The number of rotatable bonds is 7. The molecule has 0 aliphatic rings. The van der Waals surface area contributed by atoms with Gasteiger partial charge >= 0.3 is 0 Å². The fraction of sp³-hybridized carbons (Fsp3) is 0.238. The van der Waals surface area contributed by atoms with Gasteiger partial charge in [-0.25, -0.2) is 15.0 Å². The van der Waals surface area contributed by atoms with Crippen molar-refractivity contribution >= 4 is 23.4 Å². The summed E-state index contributed by atoms with van der Waals surface area (Å²) in [5.74, 6) is 1.96. The van der Waals surface area contributed by atoms with Gasteiger partial charge in [0.2, 0.25) is 0 Å². The number of benzene rings is 1. The van der Waals surface area contributed by atoms with E-state index in [9.17, 15) is 4.79 Å². The van der Waals surface area contributed by atoms with E-state index in [2.05, 4.69) is 30.9 Å². The van der Waals surface area contributed by atoms with Crippen LogP contribution in [0.2, 0.25) is 0 Å². The molecular weight excluding hydrogens is 352 g/mol. The first-order chi connectivity index (χ1) is 13.5. The van der Waals surface area contributed by atoms with Crippen molar-refractivity contribution in [3.63, 3.8) is 0 Å². The van der Waals surface area contributed by atoms with Gasteiger partial charge in [0.1, 0.15) is 23.8 Å². The van der Waals surface area contributed by atoms with Gasteiger partial charge in [0.25, 0.3) is 5.91 Å². The van der Waals surface area contributed by atoms with Crippen LogP contribution in [0.25, 0.3) is 0 Å². The molecule has 0 radical (unpaired) electrons. The second-order valence-corrected chi connectivity index (χ2v) is 6.61. The maximum absolute atomic E-state index is 12.2. The number of nitrogens with one attached hydrogen (secondary N) is 3. The molecule has 2 aromatic heterocycles. The summed E-state index contributed by atoms with van der Waals surface area (Å²) in [7, 11) is 0. The summed E-state index contributed by atoms with van der Waals surface area (Å²) in [6.07, 6.45) is 3.23. The fourth-order valence-electron chi connectivity index (χ4n) is 2.61. The van der Waals surface area contributed by atoms with Crippen molar-refractivity contribution in [3.05, 3.63) is 71.2 Å². The average Bonchev–Trinajstić information content (AvgIpc) is 2.67. The van der Waals surface area contributed by atoms with E-state index in [-0.39, 0.29) is 5.91 Å². The quantitative estimate of drug-likeness (QED) is 0.548. The molecule has 0 saturated carbocycles. The Balaban J connectivity index is 1.49. The zero-order valence-corrected chi connectivity index (χ0v) is 16.3. The van der Waals surface area contributed by atoms with Crippen molar-refractivity contribution in [3.8, 4) is 0 Å². The lowest BCUT2D eigenvalue weighted by molar-refractivity contribution is 0.0955. The third-order valence-corrected chi connectivity index (χ3v) is 4.32. The van der Waals surface area contributed by atoms with Crippen LogP contribution in [0.15, 0.2) is 48.9 Å². The van der Waals surface area contributed by atoms with E-state index in [0.29, 0.717) is 30.3 Å². The van der Waals surface area contributed by atoms with Crippen LogP contribution in [0.5, 0.6) is 0 Å². The van der Waals surface area contributed by atoms with Gasteiger partial charge in [0, 0.05) is 30.9 Å². The Morgan fingerprint density at radius 2 is 1.64 bits per heavy atom. The second kappa shape index (κ2) is 8.94. The smallest absolute Gasteiger partial charge is 0.251 e. The minimum Gasteiger partial charge on any atom is -0.368 e. The Kier molecular flexibility index (Phi) is 6.16. The van der Waals surface area contributed by atoms with Crippen molar-refractivity contribution in [1.29, 1.82) is 0 Å². The molecule has 1 aromatic carbocycles. The fourth-order valence-corrected chi connectivity index (χ4v) is 2.61. The van der Waals surface area contributed by atoms with Crippen LogP contribution in [0.3, 0.4) is 0 Å². The second-order valence-electron chi connectivity index (χ2n) is 6.61. The molecule has 7 nitrogen and oxygen atoms in total. The van der Waals surface area contributed by atoms with Crippen LogP contribution in [0, 0.1) is 20.8 Å². The van der Waals surface area contributed by atoms with Crippen LogP contribution >= 0.6 is 0 Å². The number of pyridine rings is 1. The van der Waals surface area contributed by atoms with Gasteiger partial charge in [0.05, 0.1) is 0 Å². The third-order valence-electron chi connectivity index (χ3n) is 4.32. The summed E-state index contributed by atoms with van der Waals surface area (Å²) in [4.78, 5) is 24.9. The number of anilines is 3. The normalized spacial score (nSPS) is 10.4. The van der Waals surface area contributed by atoms with Gasteiger partial charge in [0.15, 0.2) is 0 Å². The predicted octanol–water partition coefficient (Wildman–Crippen LogP) is 3.38. The molecule has 2 heterocycles. The van der Waals surface area contributed by atoms with Crippen LogP contribution in [-0.2, 0) is 0 Å². The zero-order chi connectivity index (χ0) is 19.9. The highest BCUT2D eigenvalue weighted by Gasteiger charge is 2.06.